The smallest absolute Gasteiger partial charge is 0.231 e. The Labute approximate surface area is 172 Å². The third-order valence-electron chi connectivity index (χ3n) is 5.69. The number of rotatable bonds is 5. The van der Waals surface area contributed by atoms with Crippen LogP contribution in [0.4, 0.5) is 5.82 Å². The second-order valence-electron chi connectivity index (χ2n) is 8.17. The highest BCUT2D eigenvalue weighted by Gasteiger charge is 2.32. The second kappa shape index (κ2) is 8.56. The number of aromatic hydroxyl groups is 1. The molecular weight excluding hydrogens is 374 g/mol. The fraction of sp³-hybridized carbons (Fsp3) is 0.545. The molecule has 0 unspecified atom stereocenters. The Bertz CT molecular complexity index is 838. The largest absolute Gasteiger partial charge is 0.506 e. The molecule has 1 amide bonds. The molecule has 152 valence electrons. The molecule has 0 atom stereocenters. The van der Waals surface area contributed by atoms with E-state index in [4.69, 9.17) is 16.7 Å². The molecule has 6 heteroatoms. The summed E-state index contributed by atoms with van der Waals surface area (Å²) in [5.41, 5.74) is 1.78. The summed E-state index contributed by atoms with van der Waals surface area (Å²) < 4.78 is 1.74. The van der Waals surface area contributed by atoms with Gasteiger partial charge in [-0.05, 0) is 70.1 Å². The Morgan fingerprint density at radius 3 is 2.57 bits per heavy atom. The van der Waals surface area contributed by atoms with Crippen LogP contribution < -0.4 is 4.90 Å². The van der Waals surface area contributed by atoms with Crippen LogP contribution in [0.5, 0.6) is 5.75 Å². The number of hydrogen-bond acceptors (Lipinski definition) is 3. The van der Waals surface area contributed by atoms with Crippen LogP contribution in [0.2, 0.25) is 5.02 Å². The molecule has 1 aromatic heterocycles. The minimum absolute atomic E-state index is 0.0314. The maximum Gasteiger partial charge on any atom is 0.231 e. The average Bonchev–Trinajstić information content (AvgIpc) is 3.08. The van der Waals surface area contributed by atoms with Crippen LogP contribution in [0, 0.1) is 11.8 Å². The van der Waals surface area contributed by atoms with Gasteiger partial charge in [-0.25, -0.2) is 4.68 Å². The molecule has 1 aliphatic rings. The fourth-order valence-electron chi connectivity index (χ4n) is 3.93. The highest BCUT2D eigenvalue weighted by molar-refractivity contribution is 6.32. The van der Waals surface area contributed by atoms with Crippen LogP contribution in [0.15, 0.2) is 24.4 Å². The van der Waals surface area contributed by atoms with Crippen LogP contribution in [-0.4, -0.2) is 26.8 Å². The Hall–Kier alpha value is -2.01. The summed E-state index contributed by atoms with van der Waals surface area (Å²) in [6.45, 7) is 8.42. The number of anilines is 1. The number of aromatic nitrogens is 2. The third kappa shape index (κ3) is 4.19. The van der Waals surface area contributed by atoms with Crippen LogP contribution in [-0.2, 0) is 11.2 Å². The molecule has 1 saturated carbocycles. The van der Waals surface area contributed by atoms with E-state index < -0.39 is 0 Å². The number of carbonyl (C=O) groups excluding carboxylic acids is 1. The van der Waals surface area contributed by atoms with Crippen molar-refractivity contribution in [3.63, 3.8) is 0 Å². The first kappa shape index (κ1) is 20.7. The maximum atomic E-state index is 13.4. The summed E-state index contributed by atoms with van der Waals surface area (Å²) in [5.74, 6) is 1.74. The maximum absolute atomic E-state index is 13.4. The molecule has 1 aliphatic carbocycles. The van der Waals surface area contributed by atoms with Crippen molar-refractivity contribution in [3.8, 4) is 11.4 Å². The zero-order valence-corrected chi connectivity index (χ0v) is 17.9. The van der Waals surface area contributed by atoms with Crippen molar-refractivity contribution in [3.05, 3.63) is 35.0 Å². The van der Waals surface area contributed by atoms with Crippen molar-refractivity contribution in [2.75, 3.05) is 4.90 Å². The van der Waals surface area contributed by atoms with Crippen LogP contribution in [0.3, 0.4) is 0 Å². The van der Waals surface area contributed by atoms with E-state index >= 15 is 0 Å². The molecule has 0 saturated heterocycles. The average molecular weight is 404 g/mol. The van der Waals surface area contributed by atoms with Gasteiger partial charge in [0.25, 0.3) is 0 Å². The Morgan fingerprint density at radius 2 is 2.00 bits per heavy atom. The molecule has 5 nitrogen and oxygen atoms in total. The Morgan fingerprint density at radius 1 is 1.32 bits per heavy atom. The quantitative estimate of drug-likeness (QED) is 0.730. The summed E-state index contributed by atoms with van der Waals surface area (Å²) >= 11 is 6.07. The lowest BCUT2D eigenvalue weighted by Crippen LogP contribution is -2.43. The minimum Gasteiger partial charge on any atom is -0.506 e. The van der Waals surface area contributed by atoms with E-state index in [0.29, 0.717) is 5.92 Å². The van der Waals surface area contributed by atoms with Gasteiger partial charge < -0.3 is 5.11 Å². The fourth-order valence-corrected chi connectivity index (χ4v) is 4.11. The highest BCUT2D eigenvalue weighted by atomic mass is 35.5. The van der Waals surface area contributed by atoms with E-state index in [1.54, 1.807) is 22.9 Å². The van der Waals surface area contributed by atoms with E-state index in [2.05, 4.69) is 13.8 Å². The number of halogens is 1. The topological polar surface area (TPSA) is 58.4 Å². The van der Waals surface area contributed by atoms with Crippen LogP contribution in [0.1, 0.15) is 58.9 Å². The normalized spacial score (nSPS) is 19.8. The third-order valence-corrected chi connectivity index (χ3v) is 5.99. The second-order valence-corrected chi connectivity index (χ2v) is 8.58. The molecule has 28 heavy (non-hydrogen) atoms. The van der Waals surface area contributed by atoms with Crippen molar-refractivity contribution in [2.24, 2.45) is 11.8 Å². The lowest BCUT2D eigenvalue weighted by atomic mass is 9.82. The van der Waals surface area contributed by atoms with Gasteiger partial charge in [-0.2, -0.15) is 0 Å². The van der Waals surface area contributed by atoms with Crippen molar-refractivity contribution in [2.45, 2.75) is 65.8 Å². The van der Waals surface area contributed by atoms with Gasteiger partial charge in [0.1, 0.15) is 5.75 Å². The predicted octanol–water partition coefficient (Wildman–Crippen LogP) is 5.36. The van der Waals surface area contributed by atoms with Crippen molar-refractivity contribution in [1.29, 1.82) is 0 Å². The zero-order chi connectivity index (χ0) is 20.4. The number of phenols is 1. The lowest BCUT2D eigenvalue weighted by Gasteiger charge is -2.32. The Kier molecular flexibility index (Phi) is 6.33. The lowest BCUT2D eigenvalue weighted by molar-refractivity contribution is -0.124. The number of carbonyl (C=O) groups is 1. The molecule has 0 spiro atoms. The van der Waals surface area contributed by atoms with E-state index in [0.717, 1.165) is 49.2 Å². The standard InChI is InChI=1S/C22H30ClN3O2/c1-5-16-13-25(18-10-11-20(27)19(23)12-18)24-21(16)26(14(2)3)22(28)17-8-6-15(4)7-9-17/h10-15,17,27H,5-9H2,1-4H3/t15-,17-. The van der Waals surface area contributed by atoms with Crippen LogP contribution >= 0.6 is 11.6 Å². The number of benzene rings is 1. The highest BCUT2D eigenvalue weighted by Crippen LogP contribution is 2.33. The molecule has 1 fully saturated rings. The van der Waals surface area contributed by atoms with E-state index in [1.807, 2.05) is 24.9 Å². The summed E-state index contributed by atoms with van der Waals surface area (Å²) in [5, 5.41) is 14.7. The summed E-state index contributed by atoms with van der Waals surface area (Å²) in [6, 6.07) is 5.03. The number of hydrogen-bond donors (Lipinski definition) is 1. The zero-order valence-electron chi connectivity index (χ0n) is 17.2. The number of nitrogens with zero attached hydrogens (tertiary/aromatic N) is 3. The van der Waals surface area contributed by atoms with Gasteiger partial charge in [-0.1, -0.05) is 25.4 Å². The molecule has 1 heterocycles. The predicted molar refractivity (Wildman–Crippen MR) is 113 cm³/mol. The first-order chi connectivity index (χ1) is 13.3. The monoisotopic (exact) mass is 403 g/mol. The molecule has 0 bridgehead atoms. The minimum atomic E-state index is 0.0314. The molecule has 0 radical (unpaired) electrons. The van der Waals surface area contributed by atoms with Gasteiger partial charge in [0, 0.05) is 23.7 Å². The van der Waals surface area contributed by atoms with Gasteiger partial charge in [-0.15, -0.1) is 5.10 Å². The van der Waals surface area contributed by atoms with Crippen molar-refractivity contribution in [1.82, 2.24) is 9.78 Å². The summed E-state index contributed by atoms with van der Waals surface area (Å²) in [7, 11) is 0. The van der Waals surface area contributed by atoms with Crippen molar-refractivity contribution < 1.29 is 9.90 Å². The van der Waals surface area contributed by atoms with Gasteiger partial charge in [0.2, 0.25) is 5.91 Å². The van der Waals surface area contributed by atoms with Gasteiger partial charge >= 0.3 is 0 Å². The van der Waals surface area contributed by atoms with Gasteiger partial charge in [0.15, 0.2) is 5.82 Å². The SMILES string of the molecule is CCc1cn(-c2ccc(O)c(Cl)c2)nc1N(C(=O)[C@H]1CC[C@H](C)CC1)C(C)C. The Balaban J connectivity index is 1.95. The summed E-state index contributed by atoms with van der Waals surface area (Å²) in [4.78, 5) is 15.3. The van der Waals surface area contributed by atoms with E-state index in [-0.39, 0.29) is 28.6 Å². The van der Waals surface area contributed by atoms with Gasteiger partial charge in [-0.3, -0.25) is 9.69 Å². The molecule has 1 N–H and O–H groups in total. The molecule has 3 rings (SSSR count). The van der Waals surface area contributed by atoms with E-state index in [1.165, 1.54) is 0 Å². The first-order valence-electron chi connectivity index (χ1n) is 10.2. The first-order valence-corrected chi connectivity index (χ1v) is 10.6. The summed E-state index contributed by atoms with van der Waals surface area (Å²) in [6.07, 6.45) is 6.87. The number of phenolic OH excluding ortho intramolecular Hbond substituents is 1. The molecule has 2 aromatic rings. The number of amides is 1. The molecule has 1 aromatic carbocycles. The number of aryl methyl sites for hydroxylation is 1. The van der Waals surface area contributed by atoms with Crippen molar-refractivity contribution >= 4 is 23.3 Å². The van der Waals surface area contributed by atoms with Gasteiger partial charge in [0.05, 0.1) is 10.7 Å². The van der Waals surface area contributed by atoms with Crippen LogP contribution in [0.25, 0.3) is 5.69 Å². The molecular formula is C22H30ClN3O2. The molecule has 0 aliphatic heterocycles. The van der Waals surface area contributed by atoms with E-state index in [9.17, 15) is 9.90 Å².